The molecule has 86 valence electrons. The molecule has 0 unspecified atom stereocenters. The summed E-state index contributed by atoms with van der Waals surface area (Å²) >= 11 is 0. The zero-order valence-electron chi connectivity index (χ0n) is 8.38. The van der Waals surface area contributed by atoms with Crippen LogP contribution in [0, 0.1) is 0 Å². The molecular formula is C9H10N2O4S. The van der Waals surface area contributed by atoms with Gasteiger partial charge in [0.2, 0.25) is 0 Å². The summed E-state index contributed by atoms with van der Waals surface area (Å²) in [6.45, 7) is 1.54. The molecular weight excluding hydrogens is 232 g/mol. The Bertz CT molecular complexity index is 630. The Balaban J connectivity index is 2.63. The topological polar surface area (TPSA) is 103 Å². The maximum Gasteiger partial charge on any atom is 0.294 e. The van der Waals surface area contributed by atoms with E-state index in [0.717, 1.165) is 0 Å². The third-order valence-electron chi connectivity index (χ3n) is 2.17. The Labute approximate surface area is 91.7 Å². The predicted octanol–water partition coefficient (Wildman–Crippen LogP) is 0.863. The van der Waals surface area contributed by atoms with Crippen molar-refractivity contribution in [2.75, 3.05) is 0 Å². The molecule has 6 nitrogen and oxygen atoms in total. The number of hydrogen-bond donors (Lipinski definition) is 3. The van der Waals surface area contributed by atoms with Gasteiger partial charge >= 0.3 is 0 Å². The van der Waals surface area contributed by atoms with Crippen LogP contribution in [-0.4, -0.2) is 28.0 Å². The predicted molar refractivity (Wildman–Crippen MR) is 56.5 cm³/mol. The second-order valence-corrected chi connectivity index (χ2v) is 4.87. The second-order valence-electron chi connectivity index (χ2n) is 3.45. The first-order valence-corrected chi connectivity index (χ1v) is 5.97. The van der Waals surface area contributed by atoms with Gasteiger partial charge in [-0.3, -0.25) is 4.55 Å². The van der Waals surface area contributed by atoms with Gasteiger partial charge in [-0.2, -0.15) is 8.42 Å². The molecule has 0 aliphatic heterocycles. The molecule has 2 aromatic rings. The van der Waals surface area contributed by atoms with Crippen LogP contribution in [0.15, 0.2) is 23.1 Å². The molecule has 3 N–H and O–H groups in total. The third kappa shape index (κ3) is 1.92. The van der Waals surface area contributed by atoms with Crippen LogP contribution in [-0.2, 0) is 10.1 Å². The standard InChI is InChI=1S/C9H10N2O4S/c1-5(12)9-10-7-3-2-6(16(13,14)15)4-8(7)11-9/h2-5,12H,1H3,(H,10,11)(H,13,14,15)/t5-/m1/s1. The zero-order valence-corrected chi connectivity index (χ0v) is 9.19. The van der Waals surface area contributed by atoms with Gasteiger partial charge in [0.1, 0.15) is 11.9 Å². The van der Waals surface area contributed by atoms with Crippen molar-refractivity contribution in [3.05, 3.63) is 24.0 Å². The molecule has 0 spiro atoms. The molecule has 16 heavy (non-hydrogen) atoms. The van der Waals surface area contributed by atoms with Crippen molar-refractivity contribution in [1.82, 2.24) is 9.97 Å². The van der Waals surface area contributed by atoms with Crippen molar-refractivity contribution in [3.8, 4) is 0 Å². The number of rotatable bonds is 2. The molecule has 1 atom stereocenters. The lowest BCUT2D eigenvalue weighted by Gasteiger charge is -1.96. The van der Waals surface area contributed by atoms with Crippen LogP contribution >= 0.6 is 0 Å². The molecule has 2 rings (SSSR count). The molecule has 0 fully saturated rings. The van der Waals surface area contributed by atoms with Crippen LogP contribution in [0.2, 0.25) is 0 Å². The molecule has 0 radical (unpaired) electrons. The molecule has 0 saturated carbocycles. The van der Waals surface area contributed by atoms with Crippen LogP contribution in [0.5, 0.6) is 0 Å². The molecule has 0 saturated heterocycles. The largest absolute Gasteiger partial charge is 0.385 e. The first-order chi connectivity index (χ1) is 7.38. The number of H-pyrrole nitrogens is 1. The van der Waals surface area contributed by atoms with E-state index >= 15 is 0 Å². The van der Waals surface area contributed by atoms with Gasteiger partial charge in [-0.05, 0) is 25.1 Å². The molecule has 1 aromatic carbocycles. The summed E-state index contributed by atoms with van der Waals surface area (Å²) in [6.07, 6.45) is -0.762. The first-order valence-electron chi connectivity index (χ1n) is 4.53. The van der Waals surface area contributed by atoms with E-state index < -0.39 is 16.2 Å². The summed E-state index contributed by atoms with van der Waals surface area (Å²) in [5, 5.41) is 9.29. The van der Waals surface area contributed by atoms with Crippen molar-refractivity contribution in [1.29, 1.82) is 0 Å². The summed E-state index contributed by atoms with van der Waals surface area (Å²) in [4.78, 5) is 6.62. The highest BCUT2D eigenvalue weighted by molar-refractivity contribution is 7.85. The van der Waals surface area contributed by atoms with Crippen LogP contribution in [0.4, 0.5) is 0 Å². The van der Waals surface area contributed by atoms with E-state index in [0.29, 0.717) is 16.9 Å². The van der Waals surface area contributed by atoms with Gasteiger partial charge in [0.15, 0.2) is 0 Å². The Hall–Kier alpha value is -1.44. The van der Waals surface area contributed by atoms with E-state index in [-0.39, 0.29) is 4.90 Å². The maximum atomic E-state index is 10.9. The van der Waals surface area contributed by atoms with E-state index in [2.05, 4.69) is 9.97 Å². The second kappa shape index (κ2) is 3.55. The van der Waals surface area contributed by atoms with Crippen molar-refractivity contribution >= 4 is 21.2 Å². The number of nitrogens with one attached hydrogen (secondary N) is 1. The van der Waals surface area contributed by atoms with Crippen molar-refractivity contribution in [2.24, 2.45) is 0 Å². The van der Waals surface area contributed by atoms with Gasteiger partial charge in [-0.15, -0.1) is 0 Å². The van der Waals surface area contributed by atoms with Crippen molar-refractivity contribution in [2.45, 2.75) is 17.9 Å². The summed E-state index contributed by atoms with van der Waals surface area (Å²) in [7, 11) is -4.22. The molecule has 7 heteroatoms. The first kappa shape index (κ1) is 11.1. The van der Waals surface area contributed by atoms with Gasteiger partial charge in [0, 0.05) is 0 Å². The van der Waals surface area contributed by atoms with Crippen molar-refractivity contribution < 1.29 is 18.1 Å². The van der Waals surface area contributed by atoms with Crippen LogP contribution < -0.4 is 0 Å². The lowest BCUT2D eigenvalue weighted by atomic mass is 10.3. The number of aromatic nitrogens is 2. The number of nitrogens with zero attached hydrogens (tertiary/aromatic N) is 1. The smallest absolute Gasteiger partial charge is 0.294 e. The monoisotopic (exact) mass is 242 g/mol. The fourth-order valence-electron chi connectivity index (χ4n) is 1.37. The minimum Gasteiger partial charge on any atom is -0.385 e. The number of imidazole rings is 1. The average molecular weight is 242 g/mol. The molecule has 0 aliphatic rings. The highest BCUT2D eigenvalue weighted by Crippen LogP contribution is 2.19. The van der Waals surface area contributed by atoms with Gasteiger partial charge < -0.3 is 10.1 Å². The normalized spacial score (nSPS) is 14.2. The fraction of sp³-hybridized carbons (Fsp3) is 0.222. The maximum absolute atomic E-state index is 10.9. The molecule has 0 amide bonds. The van der Waals surface area contributed by atoms with E-state index in [4.69, 9.17) is 4.55 Å². The Kier molecular flexibility index (Phi) is 2.45. The number of aliphatic hydroxyl groups excluding tert-OH is 1. The molecule has 0 bridgehead atoms. The molecule has 1 heterocycles. The van der Waals surface area contributed by atoms with Crippen LogP contribution in [0.25, 0.3) is 11.0 Å². The highest BCUT2D eigenvalue weighted by Gasteiger charge is 2.13. The Morgan fingerprint density at radius 3 is 2.69 bits per heavy atom. The van der Waals surface area contributed by atoms with Gasteiger partial charge in [-0.25, -0.2) is 4.98 Å². The van der Waals surface area contributed by atoms with Gasteiger partial charge in [0.25, 0.3) is 10.1 Å². The number of hydrogen-bond acceptors (Lipinski definition) is 4. The van der Waals surface area contributed by atoms with Crippen LogP contribution in [0.3, 0.4) is 0 Å². The quantitative estimate of drug-likeness (QED) is 0.678. The van der Waals surface area contributed by atoms with Gasteiger partial charge in [-0.1, -0.05) is 0 Å². The Morgan fingerprint density at radius 1 is 1.44 bits per heavy atom. The SMILES string of the molecule is C[C@@H](O)c1nc2ccc(S(=O)(=O)O)cc2[nH]1. The lowest BCUT2D eigenvalue weighted by Crippen LogP contribution is -1.97. The number of aliphatic hydroxyl groups is 1. The average Bonchev–Trinajstić information content (AvgIpc) is 2.58. The van der Waals surface area contributed by atoms with E-state index in [1.54, 1.807) is 6.92 Å². The summed E-state index contributed by atoms with van der Waals surface area (Å²) in [6, 6.07) is 3.98. The Morgan fingerprint density at radius 2 is 2.12 bits per heavy atom. The zero-order chi connectivity index (χ0) is 11.9. The lowest BCUT2D eigenvalue weighted by molar-refractivity contribution is 0.190. The van der Waals surface area contributed by atoms with Gasteiger partial charge in [0.05, 0.1) is 15.9 Å². The van der Waals surface area contributed by atoms with Crippen molar-refractivity contribution in [3.63, 3.8) is 0 Å². The fourth-order valence-corrected chi connectivity index (χ4v) is 1.87. The minimum atomic E-state index is -4.22. The summed E-state index contributed by atoms with van der Waals surface area (Å²) < 4.78 is 30.6. The van der Waals surface area contributed by atoms with E-state index in [9.17, 15) is 13.5 Å². The minimum absolute atomic E-state index is 0.208. The van der Waals surface area contributed by atoms with Crippen LogP contribution in [0.1, 0.15) is 18.9 Å². The summed E-state index contributed by atoms with van der Waals surface area (Å²) in [5.74, 6) is 0.350. The number of fused-ring (bicyclic) bond motifs is 1. The number of benzene rings is 1. The van der Waals surface area contributed by atoms with E-state index in [1.165, 1.54) is 18.2 Å². The third-order valence-corrected chi connectivity index (χ3v) is 3.01. The molecule has 0 aliphatic carbocycles. The molecule has 1 aromatic heterocycles. The summed E-state index contributed by atoms with van der Waals surface area (Å²) in [5.41, 5.74) is 0.981. The van der Waals surface area contributed by atoms with E-state index in [1.807, 2.05) is 0 Å². The number of aromatic amines is 1. The highest BCUT2D eigenvalue weighted by atomic mass is 32.2.